The van der Waals surface area contributed by atoms with Gasteiger partial charge in [-0.3, -0.25) is 9.78 Å². The van der Waals surface area contributed by atoms with Crippen molar-refractivity contribution in [1.29, 1.82) is 5.26 Å². The molecular weight excluding hydrogens is 350 g/mol. The number of hydrogen-bond donors (Lipinski definition) is 1. The maximum atomic E-state index is 12.9. The van der Waals surface area contributed by atoms with Crippen LogP contribution in [0.3, 0.4) is 0 Å². The summed E-state index contributed by atoms with van der Waals surface area (Å²) in [5.74, 6) is -0.515. The average Bonchev–Trinajstić information content (AvgIpc) is 2.75. The summed E-state index contributed by atoms with van der Waals surface area (Å²) in [7, 11) is 0. The van der Waals surface area contributed by atoms with Crippen molar-refractivity contribution in [3.8, 4) is 6.07 Å². The molecule has 0 radical (unpaired) electrons. The normalized spacial score (nSPS) is 24.1. The molecule has 1 N–H and O–H groups in total. The Morgan fingerprint density at radius 3 is 2.71 bits per heavy atom. The Balaban J connectivity index is 1.69. The second-order valence-electron chi connectivity index (χ2n) is 7.34. The fourth-order valence-electron chi connectivity index (χ4n) is 4.44. The number of carbonyl (C=O) groups excluding carboxylic acids is 1. The highest BCUT2D eigenvalue weighted by Gasteiger charge is 2.52. The van der Waals surface area contributed by atoms with Gasteiger partial charge in [-0.15, -0.1) is 0 Å². The minimum atomic E-state index is -0.614. The molecule has 1 aromatic carbocycles. The van der Waals surface area contributed by atoms with E-state index < -0.39 is 12.1 Å². The molecule has 0 bridgehead atoms. The van der Waals surface area contributed by atoms with E-state index in [1.165, 1.54) is 23.3 Å². The molecule has 5 nitrogen and oxygen atoms in total. The van der Waals surface area contributed by atoms with Crippen LogP contribution >= 0.6 is 0 Å². The largest absolute Gasteiger partial charge is 0.394 e. The number of aliphatic hydroxyl groups is 1. The van der Waals surface area contributed by atoms with Crippen LogP contribution in [0.25, 0.3) is 5.57 Å². The third-order valence-electron chi connectivity index (χ3n) is 5.81. The van der Waals surface area contributed by atoms with E-state index >= 15 is 0 Å². The van der Waals surface area contributed by atoms with Gasteiger partial charge in [0.05, 0.1) is 18.7 Å². The van der Waals surface area contributed by atoms with Gasteiger partial charge in [0.1, 0.15) is 11.7 Å². The molecule has 1 amide bonds. The Morgan fingerprint density at radius 1 is 1.21 bits per heavy atom. The molecule has 0 saturated carbocycles. The quantitative estimate of drug-likeness (QED) is 0.889. The summed E-state index contributed by atoms with van der Waals surface area (Å²) >= 11 is 0. The number of nitriles is 1. The summed E-state index contributed by atoms with van der Waals surface area (Å²) in [6, 6.07) is 14.5. The maximum Gasteiger partial charge on any atom is 0.273 e. The molecule has 2 aromatic rings. The van der Waals surface area contributed by atoms with Gasteiger partial charge in [-0.1, -0.05) is 36.4 Å². The van der Waals surface area contributed by atoms with Crippen molar-refractivity contribution in [2.45, 2.75) is 43.7 Å². The van der Waals surface area contributed by atoms with E-state index in [0.29, 0.717) is 5.69 Å². The van der Waals surface area contributed by atoms with Crippen molar-refractivity contribution in [3.05, 3.63) is 71.6 Å². The van der Waals surface area contributed by atoms with Gasteiger partial charge in [-0.05, 0) is 54.5 Å². The van der Waals surface area contributed by atoms with Crippen molar-refractivity contribution in [2.75, 3.05) is 6.61 Å². The van der Waals surface area contributed by atoms with Crippen LogP contribution in [0.4, 0.5) is 0 Å². The number of hydrogen-bond acceptors (Lipinski definition) is 4. The first-order valence-corrected chi connectivity index (χ1v) is 9.78. The van der Waals surface area contributed by atoms with Gasteiger partial charge in [0.25, 0.3) is 5.91 Å². The van der Waals surface area contributed by atoms with Gasteiger partial charge in [0.2, 0.25) is 0 Å². The minimum absolute atomic E-state index is 0.186. The van der Waals surface area contributed by atoms with Crippen LogP contribution in [0.2, 0.25) is 0 Å². The van der Waals surface area contributed by atoms with Crippen LogP contribution in [-0.2, 0) is 0 Å². The van der Waals surface area contributed by atoms with E-state index in [2.05, 4.69) is 23.2 Å². The lowest BCUT2D eigenvalue weighted by atomic mass is 9.72. The first-order chi connectivity index (χ1) is 13.8. The number of aliphatic hydroxyl groups excluding tert-OH is 1. The number of amides is 1. The first kappa shape index (κ1) is 18.4. The molecular formula is C23H23N3O2. The lowest BCUT2D eigenvalue weighted by molar-refractivity contribution is -0.00636. The van der Waals surface area contributed by atoms with Gasteiger partial charge < -0.3 is 10.0 Å². The number of benzene rings is 1. The second kappa shape index (κ2) is 7.95. The molecule has 5 heteroatoms. The molecule has 142 valence electrons. The number of nitrogens with zero attached hydrogens (tertiary/aromatic N) is 3. The van der Waals surface area contributed by atoms with Crippen molar-refractivity contribution in [2.24, 2.45) is 0 Å². The molecule has 28 heavy (non-hydrogen) atoms. The van der Waals surface area contributed by atoms with E-state index in [4.69, 9.17) is 0 Å². The Hall–Kier alpha value is -2.97. The molecule has 3 atom stereocenters. The molecule has 0 unspecified atom stereocenters. The number of pyridine rings is 1. The summed E-state index contributed by atoms with van der Waals surface area (Å²) in [5, 5.41) is 19.9. The molecule has 0 spiro atoms. The third-order valence-corrected chi connectivity index (χ3v) is 5.81. The lowest BCUT2D eigenvalue weighted by Gasteiger charge is -2.52. The zero-order valence-corrected chi connectivity index (χ0v) is 15.7. The molecule has 1 fully saturated rings. The number of carbonyl (C=O) groups is 1. The van der Waals surface area contributed by atoms with Crippen molar-refractivity contribution in [3.63, 3.8) is 0 Å². The van der Waals surface area contributed by atoms with Crippen molar-refractivity contribution in [1.82, 2.24) is 9.88 Å². The van der Waals surface area contributed by atoms with Gasteiger partial charge >= 0.3 is 0 Å². The van der Waals surface area contributed by atoms with Crippen molar-refractivity contribution >= 4 is 11.5 Å². The predicted octanol–water partition coefficient (Wildman–Crippen LogP) is 3.53. The fraction of sp³-hybridized carbons (Fsp3) is 0.348. The number of allylic oxidation sites excluding steroid dienone is 2. The topological polar surface area (TPSA) is 77.2 Å². The van der Waals surface area contributed by atoms with E-state index in [0.717, 1.165) is 24.0 Å². The van der Waals surface area contributed by atoms with E-state index in [-0.39, 0.29) is 18.4 Å². The van der Waals surface area contributed by atoms with Gasteiger partial charge in [-0.25, -0.2) is 0 Å². The molecule has 2 aliphatic rings. The van der Waals surface area contributed by atoms with E-state index in [9.17, 15) is 15.2 Å². The minimum Gasteiger partial charge on any atom is -0.394 e. The SMILES string of the molecule is N#C[C@H]1[C@@H](c2ccccc2C2=CCCCC2)[C@H](CO)N1C(=O)c1ccccn1. The fourth-order valence-corrected chi connectivity index (χ4v) is 4.44. The van der Waals surface area contributed by atoms with Crippen LogP contribution in [0.5, 0.6) is 0 Å². The third kappa shape index (κ3) is 3.10. The smallest absolute Gasteiger partial charge is 0.273 e. The molecule has 1 saturated heterocycles. The summed E-state index contributed by atoms with van der Waals surface area (Å²) in [5.41, 5.74) is 3.80. The van der Waals surface area contributed by atoms with Crippen LogP contribution in [0.15, 0.2) is 54.7 Å². The van der Waals surface area contributed by atoms with Gasteiger partial charge in [-0.2, -0.15) is 5.26 Å². The van der Waals surface area contributed by atoms with Crippen LogP contribution in [-0.4, -0.2) is 39.6 Å². The highest BCUT2D eigenvalue weighted by molar-refractivity contribution is 5.94. The van der Waals surface area contributed by atoms with E-state index in [1.807, 2.05) is 18.2 Å². The number of aromatic nitrogens is 1. The monoisotopic (exact) mass is 373 g/mol. The maximum absolute atomic E-state index is 12.9. The Labute approximate surface area is 164 Å². The Morgan fingerprint density at radius 2 is 2.04 bits per heavy atom. The zero-order valence-electron chi connectivity index (χ0n) is 15.7. The lowest BCUT2D eigenvalue weighted by Crippen LogP contribution is -2.65. The Kier molecular flexibility index (Phi) is 5.23. The van der Waals surface area contributed by atoms with Crippen molar-refractivity contribution < 1.29 is 9.90 Å². The molecule has 1 aliphatic carbocycles. The summed E-state index contributed by atoms with van der Waals surface area (Å²) < 4.78 is 0. The predicted molar refractivity (Wildman–Crippen MR) is 106 cm³/mol. The summed E-state index contributed by atoms with van der Waals surface area (Å²) in [6.45, 7) is -0.186. The standard InChI is InChI=1S/C23H23N3O2/c24-14-20-22(18-11-5-4-10-17(18)16-8-2-1-3-9-16)21(15-27)26(20)23(28)19-12-6-7-13-25-19/h4-8,10-13,20-22,27H,1-3,9,15H2/t20-,21-,22+/m0/s1. The average molecular weight is 373 g/mol. The number of likely N-dealkylation sites (tertiary alicyclic amines) is 1. The number of rotatable bonds is 4. The molecule has 2 heterocycles. The second-order valence-corrected chi connectivity index (χ2v) is 7.34. The zero-order chi connectivity index (χ0) is 19.5. The van der Waals surface area contributed by atoms with Crippen LogP contribution in [0, 0.1) is 11.3 Å². The molecule has 1 aromatic heterocycles. The van der Waals surface area contributed by atoms with Gasteiger partial charge in [0.15, 0.2) is 0 Å². The first-order valence-electron chi connectivity index (χ1n) is 9.78. The summed E-state index contributed by atoms with van der Waals surface area (Å²) in [4.78, 5) is 18.5. The highest BCUT2D eigenvalue weighted by Crippen LogP contribution is 2.44. The van der Waals surface area contributed by atoms with Crippen LogP contribution < -0.4 is 0 Å². The molecule has 4 rings (SSSR count). The highest BCUT2D eigenvalue weighted by atomic mass is 16.3. The van der Waals surface area contributed by atoms with Crippen LogP contribution in [0.1, 0.15) is 53.2 Å². The van der Waals surface area contributed by atoms with E-state index in [1.54, 1.807) is 24.4 Å². The summed E-state index contributed by atoms with van der Waals surface area (Å²) in [6.07, 6.45) is 8.32. The molecule has 1 aliphatic heterocycles. The van der Waals surface area contributed by atoms with Gasteiger partial charge in [0, 0.05) is 12.1 Å². The Bertz CT molecular complexity index is 932.